The van der Waals surface area contributed by atoms with Crippen LogP contribution in [0.1, 0.15) is 0 Å². The molecule has 0 N–H and O–H groups in total. The van der Waals surface area contributed by atoms with Crippen LogP contribution in [0.3, 0.4) is 0 Å². The van der Waals surface area contributed by atoms with Crippen molar-refractivity contribution >= 4 is 22.6 Å². The monoisotopic (exact) mass is 228 g/mol. The minimum absolute atomic E-state index is 0.696. The van der Waals surface area contributed by atoms with Crippen LogP contribution in [0.15, 0.2) is 59.0 Å². The maximum absolute atomic E-state index is 5.91. The van der Waals surface area contributed by atoms with Crippen LogP contribution in [-0.4, -0.2) is 0 Å². The Bertz CT molecular complexity index is 626. The molecule has 0 amide bonds. The standard InChI is InChI=1S/C14H9ClO/c15-12-7-6-11-8-13(16-14(11)9-12)10-4-2-1-3-5-10/h1-9H. The molecule has 0 atom stereocenters. The third-order valence-electron chi connectivity index (χ3n) is 2.54. The molecule has 1 aromatic heterocycles. The Morgan fingerprint density at radius 1 is 0.875 bits per heavy atom. The van der Waals surface area contributed by atoms with Gasteiger partial charge in [-0.1, -0.05) is 41.9 Å². The van der Waals surface area contributed by atoms with Crippen LogP contribution in [0, 0.1) is 0 Å². The van der Waals surface area contributed by atoms with E-state index in [1.807, 2.05) is 54.6 Å². The molecule has 0 radical (unpaired) electrons. The summed E-state index contributed by atoms with van der Waals surface area (Å²) in [5.41, 5.74) is 1.90. The van der Waals surface area contributed by atoms with Crippen LogP contribution in [0.25, 0.3) is 22.3 Å². The van der Waals surface area contributed by atoms with Crippen LogP contribution in [0.5, 0.6) is 0 Å². The largest absolute Gasteiger partial charge is 0.456 e. The molecule has 0 fully saturated rings. The third kappa shape index (κ3) is 1.59. The lowest BCUT2D eigenvalue weighted by Crippen LogP contribution is -1.69. The van der Waals surface area contributed by atoms with Crippen LogP contribution >= 0.6 is 11.6 Å². The number of rotatable bonds is 1. The van der Waals surface area contributed by atoms with Crippen molar-refractivity contribution in [3.8, 4) is 11.3 Å². The van der Waals surface area contributed by atoms with E-state index in [2.05, 4.69) is 0 Å². The molecule has 0 aliphatic heterocycles. The van der Waals surface area contributed by atoms with E-state index in [9.17, 15) is 0 Å². The zero-order valence-electron chi connectivity index (χ0n) is 8.48. The fourth-order valence-electron chi connectivity index (χ4n) is 1.75. The van der Waals surface area contributed by atoms with E-state index >= 15 is 0 Å². The zero-order valence-corrected chi connectivity index (χ0v) is 9.24. The topological polar surface area (TPSA) is 13.1 Å². The van der Waals surface area contributed by atoms with Crippen molar-refractivity contribution in [2.75, 3.05) is 0 Å². The molecule has 0 unspecified atom stereocenters. The highest BCUT2D eigenvalue weighted by atomic mass is 35.5. The second-order valence-corrected chi connectivity index (χ2v) is 4.10. The highest BCUT2D eigenvalue weighted by molar-refractivity contribution is 6.31. The maximum Gasteiger partial charge on any atom is 0.136 e. The highest BCUT2D eigenvalue weighted by Crippen LogP contribution is 2.29. The molecule has 0 saturated heterocycles. The highest BCUT2D eigenvalue weighted by Gasteiger charge is 2.05. The molecule has 0 aliphatic rings. The van der Waals surface area contributed by atoms with Crippen molar-refractivity contribution in [3.05, 3.63) is 59.6 Å². The minimum atomic E-state index is 0.696. The predicted octanol–water partition coefficient (Wildman–Crippen LogP) is 4.75. The molecule has 0 saturated carbocycles. The van der Waals surface area contributed by atoms with Gasteiger partial charge in [-0.05, 0) is 18.2 Å². The lowest BCUT2D eigenvalue weighted by molar-refractivity contribution is 0.631. The van der Waals surface area contributed by atoms with E-state index < -0.39 is 0 Å². The van der Waals surface area contributed by atoms with Crippen LogP contribution in [-0.2, 0) is 0 Å². The molecule has 0 spiro atoms. The van der Waals surface area contributed by atoms with Gasteiger partial charge in [0, 0.05) is 22.0 Å². The fraction of sp³-hybridized carbons (Fsp3) is 0. The Morgan fingerprint density at radius 3 is 2.50 bits per heavy atom. The third-order valence-corrected chi connectivity index (χ3v) is 2.78. The average molecular weight is 229 g/mol. The number of hydrogen-bond acceptors (Lipinski definition) is 1. The van der Waals surface area contributed by atoms with Gasteiger partial charge < -0.3 is 4.42 Å². The summed E-state index contributed by atoms with van der Waals surface area (Å²) in [7, 11) is 0. The van der Waals surface area contributed by atoms with Crippen molar-refractivity contribution in [3.63, 3.8) is 0 Å². The van der Waals surface area contributed by atoms with Crippen molar-refractivity contribution in [1.82, 2.24) is 0 Å². The van der Waals surface area contributed by atoms with Gasteiger partial charge in [0.1, 0.15) is 11.3 Å². The zero-order chi connectivity index (χ0) is 11.0. The number of hydrogen-bond donors (Lipinski definition) is 0. The van der Waals surface area contributed by atoms with Crippen LogP contribution in [0.2, 0.25) is 5.02 Å². The van der Waals surface area contributed by atoms with Gasteiger partial charge in [0.25, 0.3) is 0 Å². The summed E-state index contributed by atoms with van der Waals surface area (Å²) < 4.78 is 5.75. The lowest BCUT2D eigenvalue weighted by atomic mass is 10.1. The van der Waals surface area contributed by atoms with Crippen molar-refractivity contribution < 1.29 is 4.42 Å². The Labute approximate surface area is 98.3 Å². The van der Waals surface area contributed by atoms with Crippen molar-refractivity contribution in [1.29, 1.82) is 0 Å². The van der Waals surface area contributed by atoms with E-state index in [4.69, 9.17) is 16.0 Å². The molecule has 3 rings (SSSR count). The minimum Gasteiger partial charge on any atom is -0.456 e. The summed E-state index contributed by atoms with van der Waals surface area (Å²) in [5, 5.41) is 1.77. The van der Waals surface area contributed by atoms with Crippen LogP contribution < -0.4 is 0 Å². The summed E-state index contributed by atoms with van der Waals surface area (Å²) in [6, 6.07) is 17.7. The second-order valence-electron chi connectivity index (χ2n) is 3.66. The molecule has 78 valence electrons. The first-order valence-electron chi connectivity index (χ1n) is 5.07. The summed E-state index contributed by atoms with van der Waals surface area (Å²) >= 11 is 5.91. The second kappa shape index (κ2) is 3.69. The Morgan fingerprint density at radius 2 is 1.69 bits per heavy atom. The van der Waals surface area contributed by atoms with E-state index in [1.54, 1.807) is 0 Å². The van der Waals surface area contributed by atoms with Gasteiger partial charge in [-0.3, -0.25) is 0 Å². The molecule has 3 aromatic rings. The summed E-state index contributed by atoms with van der Waals surface area (Å²) in [4.78, 5) is 0. The fourth-order valence-corrected chi connectivity index (χ4v) is 1.91. The Hall–Kier alpha value is -1.73. The van der Waals surface area contributed by atoms with Crippen molar-refractivity contribution in [2.45, 2.75) is 0 Å². The molecular formula is C14H9ClO. The summed E-state index contributed by atoms with van der Waals surface area (Å²) in [6.07, 6.45) is 0. The molecule has 1 heterocycles. The number of halogens is 1. The van der Waals surface area contributed by atoms with Gasteiger partial charge in [0.15, 0.2) is 0 Å². The Balaban J connectivity index is 2.19. The van der Waals surface area contributed by atoms with Gasteiger partial charge in [-0.15, -0.1) is 0 Å². The van der Waals surface area contributed by atoms with Gasteiger partial charge in [-0.2, -0.15) is 0 Å². The molecular weight excluding hydrogens is 220 g/mol. The van der Waals surface area contributed by atoms with E-state index in [0.717, 1.165) is 22.3 Å². The smallest absolute Gasteiger partial charge is 0.136 e. The predicted molar refractivity (Wildman–Crippen MR) is 66.7 cm³/mol. The molecule has 2 heteroatoms. The normalized spacial score (nSPS) is 10.8. The van der Waals surface area contributed by atoms with Crippen LogP contribution in [0.4, 0.5) is 0 Å². The first-order valence-corrected chi connectivity index (χ1v) is 5.45. The molecule has 1 nitrogen and oxygen atoms in total. The first kappa shape index (κ1) is 9.49. The Kier molecular flexibility index (Phi) is 2.19. The molecule has 16 heavy (non-hydrogen) atoms. The van der Waals surface area contributed by atoms with E-state index in [1.165, 1.54) is 0 Å². The average Bonchev–Trinajstić information content (AvgIpc) is 2.73. The number of furan rings is 1. The molecule has 0 aliphatic carbocycles. The maximum atomic E-state index is 5.91. The van der Waals surface area contributed by atoms with Gasteiger partial charge in [0.2, 0.25) is 0 Å². The number of benzene rings is 2. The van der Waals surface area contributed by atoms with Crippen molar-refractivity contribution in [2.24, 2.45) is 0 Å². The lowest BCUT2D eigenvalue weighted by Gasteiger charge is -1.93. The summed E-state index contributed by atoms with van der Waals surface area (Å²) in [5.74, 6) is 0.873. The molecule has 0 bridgehead atoms. The van der Waals surface area contributed by atoms with E-state index in [-0.39, 0.29) is 0 Å². The first-order chi connectivity index (χ1) is 7.83. The summed E-state index contributed by atoms with van der Waals surface area (Å²) in [6.45, 7) is 0. The quantitative estimate of drug-likeness (QED) is 0.586. The SMILES string of the molecule is Clc1ccc2cc(-c3ccccc3)oc2c1. The van der Waals surface area contributed by atoms with Gasteiger partial charge in [-0.25, -0.2) is 0 Å². The molecule has 2 aromatic carbocycles. The number of fused-ring (bicyclic) bond motifs is 1. The van der Waals surface area contributed by atoms with Gasteiger partial charge >= 0.3 is 0 Å². The van der Waals surface area contributed by atoms with Gasteiger partial charge in [0.05, 0.1) is 0 Å². The van der Waals surface area contributed by atoms with E-state index in [0.29, 0.717) is 5.02 Å².